The summed E-state index contributed by atoms with van der Waals surface area (Å²) in [5.41, 5.74) is 3.07. The van der Waals surface area contributed by atoms with Gasteiger partial charge in [-0.2, -0.15) is 0 Å². The van der Waals surface area contributed by atoms with E-state index in [0.29, 0.717) is 5.69 Å². The monoisotopic (exact) mass is 416 g/mol. The Labute approximate surface area is 172 Å². The normalized spacial score (nSPS) is 16.6. The molecule has 1 saturated heterocycles. The van der Waals surface area contributed by atoms with Crippen molar-refractivity contribution in [1.29, 1.82) is 0 Å². The van der Waals surface area contributed by atoms with Gasteiger partial charge < -0.3 is 9.30 Å². The van der Waals surface area contributed by atoms with Crippen molar-refractivity contribution in [1.82, 2.24) is 9.47 Å². The van der Waals surface area contributed by atoms with E-state index >= 15 is 0 Å². The minimum Gasteiger partial charge on any atom is -0.464 e. The van der Waals surface area contributed by atoms with E-state index in [-0.39, 0.29) is 17.3 Å². The van der Waals surface area contributed by atoms with Crippen LogP contribution in [0.25, 0.3) is 11.8 Å². The van der Waals surface area contributed by atoms with Gasteiger partial charge in [0.15, 0.2) is 0 Å². The molecule has 3 rings (SSSR count). The molecule has 0 radical (unpaired) electrons. The summed E-state index contributed by atoms with van der Waals surface area (Å²) in [6, 6.07) is 7.10. The van der Waals surface area contributed by atoms with E-state index in [1.807, 2.05) is 24.5 Å². The summed E-state index contributed by atoms with van der Waals surface area (Å²) in [6.07, 6.45) is 1.63. The number of rotatable bonds is 5. The molecule has 29 heavy (non-hydrogen) atoms. The third-order valence-corrected chi connectivity index (χ3v) is 5.55. The first-order valence-corrected chi connectivity index (χ1v) is 9.94. The first-order chi connectivity index (χ1) is 13.7. The lowest BCUT2D eigenvalue weighted by atomic mass is 10.2. The third-order valence-electron chi connectivity index (χ3n) is 4.66. The zero-order valence-electron chi connectivity index (χ0n) is 16.6. The van der Waals surface area contributed by atoms with Crippen LogP contribution >= 0.6 is 11.8 Å². The van der Waals surface area contributed by atoms with Gasteiger partial charge in [0.1, 0.15) is 11.9 Å². The smallest absolute Gasteiger partial charge is 0.329 e. The number of amides is 2. The number of nitrogens with zero attached hydrogens (tertiary/aromatic N) is 2. The van der Waals surface area contributed by atoms with Crippen LogP contribution in [0.5, 0.6) is 0 Å². The van der Waals surface area contributed by atoms with Crippen LogP contribution in [0.2, 0.25) is 0 Å². The molecule has 6 nitrogen and oxygen atoms in total. The fraction of sp³-hybridized carbons (Fsp3) is 0.286. The molecule has 0 aliphatic carbocycles. The van der Waals surface area contributed by atoms with Crippen LogP contribution in [0, 0.1) is 19.7 Å². The van der Waals surface area contributed by atoms with Crippen LogP contribution in [0.1, 0.15) is 30.8 Å². The number of ether oxygens (including phenoxy) is 1. The highest BCUT2D eigenvalue weighted by Crippen LogP contribution is 2.35. The van der Waals surface area contributed by atoms with Gasteiger partial charge >= 0.3 is 5.97 Å². The van der Waals surface area contributed by atoms with Crippen LogP contribution in [-0.2, 0) is 14.3 Å². The van der Waals surface area contributed by atoms with Gasteiger partial charge in [0.2, 0.25) is 0 Å². The predicted octanol–water partition coefficient (Wildman–Crippen LogP) is 4.22. The summed E-state index contributed by atoms with van der Waals surface area (Å²) in [6.45, 7) is 7.03. The molecule has 2 heterocycles. The number of hydrogen-bond acceptors (Lipinski definition) is 5. The predicted molar refractivity (Wildman–Crippen MR) is 109 cm³/mol. The lowest BCUT2D eigenvalue weighted by Crippen LogP contribution is -2.42. The number of halogens is 1. The van der Waals surface area contributed by atoms with E-state index in [1.165, 1.54) is 19.1 Å². The summed E-state index contributed by atoms with van der Waals surface area (Å²) in [5.74, 6) is -1.50. The molecule has 0 unspecified atom stereocenters. The Balaban J connectivity index is 1.93. The summed E-state index contributed by atoms with van der Waals surface area (Å²) < 4.78 is 20.4. The van der Waals surface area contributed by atoms with Crippen molar-refractivity contribution in [3.05, 3.63) is 58.0 Å². The number of imide groups is 1. The van der Waals surface area contributed by atoms with E-state index in [2.05, 4.69) is 0 Å². The molecule has 1 atom stereocenters. The lowest BCUT2D eigenvalue weighted by molar-refractivity contribution is -0.150. The molecule has 1 aliphatic heterocycles. The molecular formula is C21H21FN2O4S. The van der Waals surface area contributed by atoms with Crippen LogP contribution in [-0.4, -0.2) is 39.2 Å². The van der Waals surface area contributed by atoms with Gasteiger partial charge in [0.25, 0.3) is 11.1 Å². The molecule has 152 valence electrons. The number of benzene rings is 1. The highest BCUT2D eigenvalue weighted by molar-refractivity contribution is 8.18. The molecule has 2 aromatic rings. The molecule has 0 N–H and O–H groups in total. The van der Waals surface area contributed by atoms with Crippen molar-refractivity contribution in [3.63, 3.8) is 0 Å². The van der Waals surface area contributed by atoms with Crippen molar-refractivity contribution < 1.29 is 23.5 Å². The number of esters is 1. The molecule has 1 aromatic carbocycles. The average molecular weight is 416 g/mol. The van der Waals surface area contributed by atoms with Crippen molar-refractivity contribution in [2.45, 2.75) is 33.7 Å². The summed E-state index contributed by atoms with van der Waals surface area (Å²) in [7, 11) is 0. The van der Waals surface area contributed by atoms with Crippen LogP contribution in [0.4, 0.5) is 9.18 Å². The first kappa shape index (κ1) is 20.9. The van der Waals surface area contributed by atoms with E-state index in [1.54, 1.807) is 25.1 Å². The summed E-state index contributed by atoms with van der Waals surface area (Å²) >= 11 is 0.784. The topological polar surface area (TPSA) is 68.6 Å². The number of carbonyl (C=O) groups excluding carboxylic acids is 3. The molecule has 1 aromatic heterocycles. The second-order valence-corrected chi connectivity index (χ2v) is 7.61. The third kappa shape index (κ3) is 3.98. The second kappa shape index (κ2) is 8.24. The average Bonchev–Trinajstić information content (AvgIpc) is 3.09. The fourth-order valence-corrected chi connectivity index (χ4v) is 4.17. The zero-order chi connectivity index (χ0) is 21.3. The van der Waals surface area contributed by atoms with Gasteiger partial charge in [-0.15, -0.1) is 0 Å². The molecule has 2 amide bonds. The molecule has 1 aliphatic rings. The Hall–Kier alpha value is -2.87. The molecular weight excluding hydrogens is 395 g/mol. The van der Waals surface area contributed by atoms with E-state index < -0.39 is 23.2 Å². The Morgan fingerprint density at radius 1 is 1.28 bits per heavy atom. The van der Waals surface area contributed by atoms with Crippen LogP contribution < -0.4 is 0 Å². The number of carbonyl (C=O) groups is 3. The number of hydrogen-bond donors (Lipinski definition) is 0. The Bertz CT molecular complexity index is 1030. The minimum absolute atomic E-state index is 0.168. The number of aryl methyl sites for hydroxylation is 1. The fourth-order valence-electron chi connectivity index (χ4n) is 3.27. The van der Waals surface area contributed by atoms with Crippen molar-refractivity contribution in [2.24, 2.45) is 0 Å². The Morgan fingerprint density at radius 3 is 2.66 bits per heavy atom. The SMILES string of the molecule is CCOC(=O)[C@@H](C)N1C(=O)S/C(=C/c2cc(C)n(-c3cccc(F)c3)c2C)C1=O. The van der Waals surface area contributed by atoms with Gasteiger partial charge in [-0.1, -0.05) is 6.07 Å². The highest BCUT2D eigenvalue weighted by atomic mass is 32.2. The first-order valence-electron chi connectivity index (χ1n) is 9.13. The molecule has 0 bridgehead atoms. The van der Waals surface area contributed by atoms with Gasteiger partial charge in [0.05, 0.1) is 11.5 Å². The van der Waals surface area contributed by atoms with Crippen molar-refractivity contribution >= 4 is 35.0 Å². The summed E-state index contributed by atoms with van der Waals surface area (Å²) in [4.78, 5) is 38.1. The molecule has 8 heteroatoms. The van der Waals surface area contributed by atoms with E-state index in [4.69, 9.17) is 4.74 Å². The van der Waals surface area contributed by atoms with Crippen molar-refractivity contribution in [2.75, 3.05) is 6.61 Å². The lowest BCUT2D eigenvalue weighted by Gasteiger charge is -2.19. The maximum Gasteiger partial charge on any atom is 0.329 e. The maximum absolute atomic E-state index is 13.6. The zero-order valence-corrected chi connectivity index (χ0v) is 17.4. The largest absolute Gasteiger partial charge is 0.464 e. The highest BCUT2D eigenvalue weighted by Gasteiger charge is 2.41. The van der Waals surface area contributed by atoms with Crippen LogP contribution in [0.15, 0.2) is 35.2 Å². The standard InChI is InChI=1S/C21H21FN2O4S/c1-5-28-20(26)14(4)24-19(25)18(29-21(24)27)10-15-9-12(2)23(13(15)3)17-8-6-7-16(22)11-17/h6-11,14H,5H2,1-4H3/b18-10+/t14-/m1/s1. The number of aromatic nitrogens is 1. The van der Waals surface area contributed by atoms with Gasteiger partial charge in [-0.3, -0.25) is 14.5 Å². The number of thioether (sulfide) groups is 1. The van der Waals surface area contributed by atoms with Crippen LogP contribution in [0.3, 0.4) is 0 Å². The van der Waals surface area contributed by atoms with Gasteiger partial charge in [0, 0.05) is 17.1 Å². The van der Waals surface area contributed by atoms with Gasteiger partial charge in [-0.05, 0) is 75.4 Å². The molecule has 1 fully saturated rings. The minimum atomic E-state index is -0.993. The summed E-state index contributed by atoms with van der Waals surface area (Å²) in [5, 5.41) is -0.513. The van der Waals surface area contributed by atoms with Gasteiger partial charge in [-0.25, -0.2) is 9.18 Å². The Kier molecular flexibility index (Phi) is 5.93. The molecule has 0 saturated carbocycles. The van der Waals surface area contributed by atoms with Crippen molar-refractivity contribution in [3.8, 4) is 5.69 Å². The second-order valence-electron chi connectivity index (χ2n) is 6.62. The molecule has 0 spiro atoms. The Morgan fingerprint density at radius 2 is 2.00 bits per heavy atom. The quantitative estimate of drug-likeness (QED) is 0.539. The maximum atomic E-state index is 13.6. The van der Waals surface area contributed by atoms with E-state index in [9.17, 15) is 18.8 Å². The van der Waals surface area contributed by atoms with E-state index in [0.717, 1.165) is 33.6 Å².